The lowest BCUT2D eigenvalue weighted by atomic mass is 10.1. The van der Waals surface area contributed by atoms with Gasteiger partial charge in [-0.05, 0) is 37.1 Å². The predicted octanol–water partition coefficient (Wildman–Crippen LogP) is 3.02. The summed E-state index contributed by atoms with van der Waals surface area (Å²) in [6, 6.07) is 6.52. The third-order valence-electron chi connectivity index (χ3n) is 3.06. The Balaban J connectivity index is 2.65. The van der Waals surface area contributed by atoms with Gasteiger partial charge in [0.2, 0.25) is 0 Å². The van der Waals surface area contributed by atoms with Gasteiger partial charge in [-0.1, -0.05) is 26.8 Å². The lowest BCUT2D eigenvalue weighted by molar-refractivity contribution is 0.250. The van der Waals surface area contributed by atoms with Crippen LogP contribution in [0.1, 0.15) is 32.8 Å². The standard InChI is InChI=1S/C15H25NO2/c1-5-12-8-9-14(15(10-12)17-4)18-11-13(6-2)16-7-3/h8-10,13,16H,5-7,11H2,1-4H3. The Morgan fingerprint density at radius 2 is 1.94 bits per heavy atom. The Morgan fingerprint density at radius 3 is 2.50 bits per heavy atom. The predicted molar refractivity (Wildman–Crippen MR) is 75.6 cm³/mol. The van der Waals surface area contributed by atoms with Crippen molar-refractivity contribution in [3.63, 3.8) is 0 Å². The Bertz CT molecular complexity index is 352. The highest BCUT2D eigenvalue weighted by Crippen LogP contribution is 2.28. The summed E-state index contributed by atoms with van der Waals surface area (Å²) in [5, 5.41) is 3.40. The molecule has 0 aliphatic carbocycles. The summed E-state index contributed by atoms with van der Waals surface area (Å²) < 4.78 is 11.2. The summed E-state index contributed by atoms with van der Waals surface area (Å²) in [4.78, 5) is 0. The average molecular weight is 251 g/mol. The monoisotopic (exact) mass is 251 g/mol. The molecular weight excluding hydrogens is 226 g/mol. The van der Waals surface area contributed by atoms with Gasteiger partial charge >= 0.3 is 0 Å². The maximum Gasteiger partial charge on any atom is 0.161 e. The van der Waals surface area contributed by atoms with Gasteiger partial charge in [-0.3, -0.25) is 0 Å². The second kappa shape index (κ2) is 7.98. The quantitative estimate of drug-likeness (QED) is 0.770. The zero-order chi connectivity index (χ0) is 13.4. The zero-order valence-corrected chi connectivity index (χ0v) is 12.0. The van der Waals surface area contributed by atoms with E-state index in [9.17, 15) is 0 Å². The van der Waals surface area contributed by atoms with Crippen LogP contribution in [0.15, 0.2) is 18.2 Å². The van der Waals surface area contributed by atoms with Gasteiger partial charge < -0.3 is 14.8 Å². The van der Waals surface area contributed by atoms with Crippen molar-refractivity contribution in [1.29, 1.82) is 0 Å². The molecule has 102 valence electrons. The van der Waals surface area contributed by atoms with Crippen molar-refractivity contribution in [2.75, 3.05) is 20.3 Å². The first-order valence-corrected chi connectivity index (χ1v) is 6.78. The van der Waals surface area contributed by atoms with Gasteiger partial charge in [-0.2, -0.15) is 0 Å². The molecule has 0 aliphatic heterocycles. The fourth-order valence-electron chi connectivity index (χ4n) is 1.85. The van der Waals surface area contributed by atoms with Crippen LogP contribution in [-0.2, 0) is 6.42 Å². The van der Waals surface area contributed by atoms with Crippen molar-refractivity contribution in [3.8, 4) is 11.5 Å². The normalized spacial score (nSPS) is 12.2. The van der Waals surface area contributed by atoms with Crippen LogP contribution in [0.5, 0.6) is 11.5 Å². The first-order chi connectivity index (χ1) is 8.74. The average Bonchev–Trinajstić information content (AvgIpc) is 2.43. The summed E-state index contributed by atoms with van der Waals surface area (Å²) >= 11 is 0. The molecule has 0 radical (unpaired) electrons. The molecule has 0 saturated heterocycles. The summed E-state index contributed by atoms with van der Waals surface area (Å²) in [5.74, 6) is 1.65. The summed E-state index contributed by atoms with van der Waals surface area (Å²) in [5.41, 5.74) is 1.26. The number of hydrogen-bond acceptors (Lipinski definition) is 3. The Hall–Kier alpha value is -1.22. The molecule has 1 unspecified atom stereocenters. The summed E-state index contributed by atoms with van der Waals surface area (Å²) in [6.07, 6.45) is 2.06. The van der Waals surface area contributed by atoms with Crippen LogP contribution in [0.4, 0.5) is 0 Å². The lowest BCUT2D eigenvalue weighted by Crippen LogP contribution is -2.33. The smallest absolute Gasteiger partial charge is 0.161 e. The van der Waals surface area contributed by atoms with Gasteiger partial charge in [0, 0.05) is 6.04 Å². The van der Waals surface area contributed by atoms with E-state index in [2.05, 4.69) is 32.2 Å². The van der Waals surface area contributed by atoms with Gasteiger partial charge in [0.15, 0.2) is 11.5 Å². The highest BCUT2D eigenvalue weighted by Gasteiger charge is 2.09. The largest absolute Gasteiger partial charge is 0.493 e. The SMILES string of the molecule is CCNC(CC)COc1ccc(CC)cc1OC. The van der Waals surface area contributed by atoms with E-state index in [1.54, 1.807) is 7.11 Å². The van der Waals surface area contributed by atoms with E-state index >= 15 is 0 Å². The summed E-state index contributed by atoms with van der Waals surface area (Å²) in [7, 11) is 1.68. The number of benzene rings is 1. The Morgan fingerprint density at radius 1 is 1.17 bits per heavy atom. The molecule has 0 fully saturated rings. The third-order valence-corrected chi connectivity index (χ3v) is 3.06. The highest BCUT2D eigenvalue weighted by molar-refractivity contribution is 5.42. The number of methoxy groups -OCH3 is 1. The molecule has 0 spiro atoms. The molecule has 18 heavy (non-hydrogen) atoms. The van der Waals surface area contributed by atoms with Crippen molar-refractivity contribution in [3.05, 3.63) is 23.8 Å². The zero-order valence-electron chi connectivity index (χ0n) is 12.0. The van der Waals surface area contributed by atoms with E-state index in [1.165, 1.54) is 5.56 Å². The Kier molecular flexibility index (Phi) is 6.58. The van der Waals surface area contributed by atoms with E-state index < -0.39 is 0 Å². The first kappa shape index (κ1) is 14.8. The van der Waals surface area contributed by atoms with Crippen LogP contribution in [0.25, 0.3) is 0 Å². The number of ether oxygens (including phenoxy) is 2. The van der Waals surface area contributed by atoms with Crippen molar-refractivity contribution in [2.24, 2.45) is 0 Å². The minimum Gasteiger partial charge on any atom is -0.493 e. The molecule has 1 N–H and O–H groups in total. The fraction of sp³-hybridized carbons (Fsp3) is 0.600. The van der Waals surface area contributed by atoms with E-state index in [-0.39, 0.29) is 0 Å². The van der Waals surface area contributed by atoms with Crippen molar-refractivity contribution < 1.29 is 9.47 Å². The van der Waals surface area contributed by atoms with Crippen LogP contribution in [0, 0.1) is 0 Å². The van der Waals surface area contributed by atoms with Gasteiger partial charge in [0.1, 0.15) is 6.61 Å². The van der Waals surface area contributed by atoms with Crippen LogP contribution in [0.2, 0.25) is 0 Å². The lowest BCUT2D eigenvalue weighted by Gasteiger charge is -2.18. The van der Waals surface area contributed by atoms with Crippen LogP contribution < -0.4 is 14.8 Å². The van der Waals surface area contributed by atoms with E-state index in [4.69, 9.17) is 9.47 Å². The molecule has 0 heterocycles. The topological polar surface area (TPSA) is 30.5 Å². The minimum absolute atomic E-state index is 0.394. The number of likely N-dealkylation sites (N-methyl/N-ethyl adjacent to an activating group) is 1. The second-order valence-corrected chi connectivity index (χ2v) is 4.31. The van der Waals surface area contributed by atoms with E-state index in [0.29, 0.717) is 12.6 Å². The van der Waals surface area contributed by atoms with Crippen molar-refractivity contribution >= 4 is 0 Å². The number of aryl methyl sites for hydroxylation is 1. The van der Waals surface area contributed by atoms with Crippen LogP contribution >= 0.6 is 0 Å². The van der Waals surface area contributed by atoms with E-state index in [1.807, 2.05) is 12.1 Å². The van der Waals surface area contributed by atoms with Crippen LogP contribution in [0.3, 0.4) is 0 Å². The Labute approximate surface area is 110 Å². The minimum atomic E-state index is 0.394. The number of nitrogens with one attached hydrogen (secondary N) is 1. The molecule has 0 bridgehead atoms. The maximum absolute atomic E-state index is 5.85. The second-order valence-electron chi connectivity index (χ2n) is 4.31. The highest BCUT2D eigenvalue weighted by atomic mass is 16.5. The maximum atomic E-state index is 5.85. The van der Waals surface area contributed by atoms with Gasteiger partial charge in [0.05, 0.1) is 7.11 Å². The van der Waals surface area contributed by atoms with Crippen LogP contribution in [-0.4, -0.2) is 26.3 Å². The molecule has 3 nitrogen and oxygen atoms in total. The molecule has 1 aromatic rings. The molecule has 0 saturated carbocycles. The molecule has 0 aliphatic rings. The number of rotatable bonds is 8. The van der Waals surface area contributed by atoms with Crippen molar-refractivity contribution in [2.45, 2.75) is 39.7 Å². The van der Waals surface area contributed by atoms with Gasteiger partial charge in [-0.15, -0.1) is 0 Å². The van der Waals surface area contributed by atoms with Gasteiger partial charge in [-0.25, -0.2) is 0 Å². The molecular formula is C15H25NO2. The fourth-order valence-corrected chi connectivity index (χ4v) is 1.85. The first-order valence-electron chi connectivity index (χ1n) is 6.78. The molecule has 1 aromatic carbocycles. The molecule has 1 atom stereocenters. The molecule has 0 amide bonds. The third kappa shape index (κ3) is 4.22. The summed E-state index contributed by atoms with van der Waals surface area (Å²) in [6.45, 7) is 8.04. The van der Waals surface area contributed by atoms with Gasteiger partial charge in [0.25, 0.3) is 0 Å². The van der Waals surface area contributed by atoms with Crippen molar-refractivity contribution in [1.82, 2.24) is 5.32 Å². The van der Waals surface area contributed by atoms with E-state index in [0.717, 1.165) is 30.9 Å². The molecule has 3 heteroatoms. The molecule has 0 aromatic heterocycles. The number of hydrogen-bond donors (Lipinski definition) is 1. The molecule has 1 rings (SSSR count).